The van der Waals surface area contributed by atoms with Gasteiger partial charge in [-0.25, -0.2) is 0 Å². The van der Waals surface area contributed by atoms with Crippen LogP contribution < -0.4 is 9.47 Å². The second-order valence-corrected chi connectivity index (χ2v) is 8.57. The molecule has 1 amide bonds. The normalized spacial score (nSPS) is 16.9. The van der Waals surface area contributed by atoms with Crippen molar-refractivity contribution >= 4 is 33.4 Å². The van der Waals surface area contributed by atoms with E-state index in [1.807, 2.05) is 60.7 Å². The molecular formula is C24H19BrClNO4. The zero-order valence-corrected chi connectivity index (χ0v) is 18.9. The van der Waals surface area contributed by atoms with Crippen LogP contribution in [-0.2, 0) is 10.5 Å². The molecule has 0 aliphatic carbocycles. The van der Waals surface area contributed by atoms with Crippen molar-refractivity contribution in [1.29, 1.82) is 0 Å². The van der Waals surface area contributed by atoms with Crippen molar-refractivity contribution < 1.29 is 19.0 Å². The summed E-state index contributed by atoms with van der Waals surface area (Å²) in [4.78, 5) is 14.9. The molecule has 0 unspecified atom stereocenters. The molecular weight excluding hydrogens is 482 g/mol. The minimum absolute atomic E-state index is 0.155. The van der Waals surface area contributed by atoms with E-state index in [1.54, 1.807) is 11.0 Å². The van der Waals surface area contributed by atoms with Crippen LogP contribution in [0.2, 0.25) is 5.02 Å². The number of hydrogen-bond acceptors (Lipinski definition) is 4. The predicted molar refractivity (Wildman–Crippen MR) is 121 cm³/mol. The number of carbonyl (C=O) groups excluding carboxylic acids is 1. The van der Waals surface area contributed by atoms with E-state index in [-0.39, 0.29) is 10.9 Å². The largest absolute Gasteiger partial charge is 0.439 e. The Hall–Kier alpha value is -2.54. The van der Waals surface area contributed by atoms with E-state index in [4.69, 9.17) is 25.8 Å². The summed E-state index contributed by atoms with van der Waals surface area (Å²) in [5.41, 5.74) is 2.01. The second-order valence-electron chi connectivity index (χ2n) is 7.34. The van der Waals surface area contributed by atoms with Crippen LogP contribution in [0, 0.1) is 0 Å². The molecule has 158 valence electrons. The van der Waals surface area contributed by atoms with Crippen molar-refractivity contribution in [3.05, 3.63) is 92.9 Å². The lowest BCUT2D eigenvalue weighted by Gasteiger charge is -2.28. The van der Waals surface area contributed by atoms with Crippen LogP contribution >= 0.6 is 27.5 Å². The van der Waals surface area contributed by atoms with Gasteiger partial charge in [0.2, 0.25) is 0 Å². The number of ether oxygens (including phenoxy) is 3. The number of hydrogen-bond donors (Lipinski definition) is 0. The average molecular weight is 501 g/mol. The lowest BCUT2D eigenvalue weighted by molar-refractivity contribution is -0.0461. The third-order valence-corrected chi connectivity index (χ3v) is 6.42. The van der Waals surface area contributed by atoms with Gasteiger partial charge in [-0.15, -0.1) is 0 Å². The van der Waals surface area contributed by atoms with E-state index < -0.39 is 5.79 Å². The summed E-state index contributed by atoms with van der Waals surface area (Å²) in [6.45, 7) is 2.08. The minimum atomic E-state index is -1.21. The maximum Gasteiger partial charge on any atom is 0.305 e. The number of benzene rings is 3. The first kappa shape index (κ1) is 20.4. The van der Waals surface area contributed by atoms with Crippen LogP contribution in [0.25, 0.3) is 0 Å². The van der Waals surface area contributed by atoms with Gasteiger partial charge in [-0.1, -0.05) is 72.3 Å². The fourth-order valence-corrected chi connectivity index (χ4v) is 4.64. The highest BCUT2D eigenvalue weighted by Crippen LogP contribution is 2.54. The molecule has 1 saturated heterocycles. The van der Waals surface area contributed by atoms with Gasteiger partial charge >= 0.3 is 5.79 Å². The molecule has 0 saturated carbocycles. The summed E-state index contributed by atoms with van der Waals surface area (Å²) >= 11 is 10.3. The summed E-state index contributed by atoms with van der Waals surface area (Å²) in [6, 6.07) is 21.1. The number of fused-ring (bicyclic) bond motifs is 1. The fourth-order valence-electron chi connectivity index (χ4n) is 3.89. The number of nitrogens with zero attached hydrogens (tertiary/aromatic N) is 1. The lowest BCUT2D eigenvalue weighted by atomic mass is 9.97. The van der Waals surface area contributed by atoms with Crippen molar-refractivity contribution in [2.45, 2.75) is 5.79 Å². The molecule has 5 nitrogen and oxygen atoms in total. The third kappa shape index (κ3) is 3.49. The molecule has 0 bridgehead atoms. The molecule has 1 fully saturated rings. The topological polar surface area (TPSA) is 48.0 Å². The maximum absolute atomic E-state index is 13.1. The molecule has 31 heavy (non-hydrogen) atoms. The molecule has 0 N–H and O–H groups in total. The number of amides is 1. The molecule has 2 heterocycles. The van der Waals surface area contributed by atoms with Gasteiger partial charge in [-0.05, 0) is 22.0 Å². The van der Waals surface area contributed by atoms with Crippen molar-refractivity contribution in [3.8, 4) is 11.5 Å². The van der Waals surface area contributed by atoms with E-state index in [9.17, 15) is 4.79 Å². The Bertz CT molecular complexity index is 1080. The van der Waals surface area contributed by atoms with Crippen LogP contribution in [0.1, 0.15) is 21.5 Å². The van der Waals surface area contributed by atoms with Gasteiger partial charge in [-0.3, -0.25) is 4.79 Å². The highest BCUT2D eigenvalue weighted by atomic mass is 79.9. The van der Waals surface area contributed by atoms with Gasteiger partial charge in [0.1, 0.15) is 0 Å². The fraction of sp³-hybridized carbons (Fsp3) is 0.208. The molecule has 0 aromatic heterocycles. The van der Waals surface area contributed by atoms with E-state index in [0.29, 0.717) is 47.8 Å². The molecule has 5 rings (SSSR count). The Balaban J connectivity index is 1.61. The standard InChI is InChI=1S/C24H19BrClNO4/c25-19-15-18(23(28)27-11-13-29-14-12-27)20(26)22-21(19)30-24(31-22,16-7-3-1-4-8-16)17-9-5-2-6-10-17/h1-10,15H,11-14H2. The van der Waals surface area contributed by atoms with Gasteiger partial charge in [0.05, 0.1) is 28.3 Å². The lowest BCUT2D eigenvalue weighted by Crippen LogP contribution is -2.40. The van der Waals surface area contributed by atoms with Crippen LogP contribution in [0.15, 0.2) is 71.2 Å². The van der Waals surface area contributed by atoms with E-state index in [0.717, 1.165) is 11.1 Å². The van der Waals surface area contributed by atoms with Gasteiger partial charge in [0, 0.05) is 24.2 Å². The number of rotatable bonds is 3. The van der Waals surface area contributed by atoms with Crippen LogP contribution in [0.5, 0.6) is 11.5 Å². The highest BCUT2D eigenvalue weighted by Gasteiger charge is 2.48. The monoisotopic (exact) mass is 499 g/mol. The minimum Gasteiger partial charge on any atom is -0.439 e. The molecule has 0 spiro atoms. The smallest absolute Gasteiger partial charge is 0.305 e. The first-order valence-corrected chi connectivity index (χ1v) is 11.2. The summed E-state index contributed by atoms with van der Waals surface area (Å²) in [6.07, 6.45) is 0. The average Bonchev–Trinajstić information content (AvgIpc) is 3.26. The van der Waals surface area contributed by atoms with Crippen LogP contribution in [-0.4, -0.2) is 37.1 Å². The summed E-state index contributed by atoms with van der Waals surface area (Å²) in [5.74, 6) is -0.550. The quantitative estimate of drug-likeness (QED) is 0.493. The molecule has 7 heteroatoms. The Morgan fingerprint density at radius 2 is 1.45 bits per heavy atom. The Morgan fingerprint density at radius 3 is 2.03 bits per heavy atom. The number of halogens is 2. The zero-order valence-electron chi connectivity index (χ0n) is 16.5. The first-order chi connectivity index (χ1) is 15.1. The molecule has 2 aliphatic heterocycles. The number of morpholine rings is 1. The van der Waals surface area contributed by atoms with Gasteiger partial charge in [-0.2, -0.15) is 0 Å². The molecule has 0 radical (unpaired) electrons. The second kappa shape index (κ2) is 8.19. The zero-order chi connectivity index (χ0) is 21.4. The highest BCUT2D eigenvalue weighted by molar-refractivity contribution is 9.10. The molecule has 0 atom stereocenters. The predicted octanol–water partition coefficient (Wildman–Crippen LogP) is 5.25. The summed E-state index contributed by atoms with van der Waals surface area (Å²) in [5, 5.41) is 0.239. The molecule has 2 aliphatic rings. The number of carbonyl (C=O) groups is 1. The molecule has 3 aromatic rings. The van der Waals surface area contributed by atoms with Gasteiger partial charge < -0.3 is 19.1 Å². The third-order valence-electron chi connectivity index (χ3n) is 5.46. The Labute approximate surface area is 193 Å². The Kier molecular flexibility index (Phi) is 5.38. The first-order valence-electron chi connectivity index (χ1n) is 9.98. The van der Waals surface area contributed by atoms with Gasteiger partial charge in [0.25, 0.3) is 5.91 Å². The van der Waals surface area contributed by atoms with E-state index in [2.05, 4.69) is 15.9 Å². The van der Waals surface area contributed by atoms with Crippen molar-refractivity contribution in [2.75, 3.05) is 26.3 Å². The summed E-state index contributed by atoms with van der Waals surface area (Å²) < 4.78 is 18.9. The van der Waals surface area contributed by atoms with Crippen LogP contribution in [0.4, 0.5) is 0 Å². The van der Waals surface area contributed by atoms with E-state index in [1.165, 1.54) is 0 Å². The van der Waals surface area contributed by atoms with E-state index >= 15 is 0 Å². The van der Waals surface area contributed by atoms with Gasteiger partial charge in [0.15, 0.2) is 11.5 Å². The summed E-state index contributed by atoms with van der Waals surface area (Å²) in [7, 11) is 0. The Morgan fingerprint density at radius 1 is 0.903 bits per heavy atom. The van der Waals surface area contributed by atoms with Crippen molar-refractivity contribution in [1.82, 2.24) is 4.90 Å². The SMILES string of the molecule is O=C(c1cc(Br)c2c(c1Cl)OC(c1ccccc1)(c1ccccc1)O2)N1CCOCC1. The molecule has 3 aromatic carbocycles. The van der Waals surface area contributed by atoms with Crippen molar-refractivity contribution in [3.63, 3.8) is 0 Å². The van der Waals surface area contributed by atoms with Crippen molar-refractivity contribution in [2.24, 2.45) is 0 Å². The maximum atomic E-state index is 13.1. The van der Waals surface area contributed by atoms with Crippen LogP contribution in [0.3, 0.4) is 0 Å².